The molecular weight excluding hydrogens is 208 g/mol. The third kappa shape index (κ3) is 2.41. The van der Waals surface area contributed by atoms with Crippen molar-refractivity contribution in [2.45, 2.75) is 13.8 Å². The van der Waals surface area contributed by atoms with Crippen LogP contribution in [0.25, 0.3) is 0 Å². The van der Waals surface area contributed by atoms with E-state index in [1.807, 2.05) is 19.2 Å². The lowest BCUT2D eigenvalue weighted by atomic mass is 10.1. The van der Waals surface area contributed by atoms with E-state index in [-0.39, 0.29) is 0 Å². The van der Waals surface area contributed by atoms with Gasteiger partial charge >= 0.3 is 0 Å². The molecule has 0 bridgehead atoms. The molecule has 0 spiro atoms. The van der Waals surface area contributed by atoms with E-state index in [1.165, 1.54) is 11.1 Å². The SMILES string of the molecule is Cc1ccc(N(C)c2cc(C)ccc2N)cc1. The Hall–Kier alpha value is -1.96. The molecule has 2 aromatic rings. The normalized spacial score (nSPS) is 10.3. The van der Waals surface area contributed by atoms with Gasteiger partial charge in [-0.3, -0.25) is 0 Å². The van der Waals surface area contributed by atoms with Crippen molar-refractivity contribution in [1.82, 2.24) is 0 Å². The van der Waals surface area contributed by atoms with E-state index in [0.717, 1.165) is 17.1 Å². The average Bonchev–Trinajstić information content (AvgIpc) is 2.32. The molecule has 0 saturated carbocycles. The second-order valence-electron chi connectivity index (χ2n) is 4.46. The number of nitrogen functional groups attached to an aromatic ring is 1. The van der Waals surface area contributed by atoms with Gasteiger partial charge in [0.2, 0.25) is 0 Å². The number of hydrogen-bond donors (Lipinski definition) is 1. The molecular formula is C15H18N2. The minimum absolute atomic E-state index is 0.804. The second-order valence-corrected chi connectivity index (χ2v) is 4.46. The fraction of sp³-hybridized carbons (Fsp3) is 0.200. The maximum absolute atomic E-state index is 6.02. The summed E-state index contributed by atoms with van der Waals surface area (Å²) < 4.78 is 0. The molecule has 0 saturated heterocycles. The third-order valence-electron chi connectivity index (χ3n) is 2.97. The monoisotopic (exact) mass is 226 g/mol. The zero-order chi connectivity index (χ0) is 12.4. The highest BCUT2D eigenvalue weighted by molar-refractivity contribution is 5.75. The molecule has 2 rings (SSSR count). The lowest BCUT2D eigenvalue weighted by Gasteiger charge is -2.22. The summed E-state index contributed by atoms with van der Waals surface area (Å²) >= 11 is 0. The molecule has 88 valence electrons. The first-order valence-corrected chi connectivity index (χ1v) is 5.74. The van der Waals surface area contributed by atoms with Gasteiger partial charge in [-0.05, 0) is 43.7 Å². The topological polar surface area (TPSA) is 29.3 Å². The molecule has 0 amide bonds. The largest absolute Gasteiger partial charge is 0.397 e. The summed E-state index contributed by atoms with van der Waals surface area (Å²) in [5.41, 5.74) is 11.5. The van der Waals surface area contributed by atoms with Gasteiger partial charge in [0, 0.05) is 12.7 Å². The number of anilines is 3. The smallest absolute Gasteiger partial charge is 0.0644 e. The molecule has 0 radical (unpaired) electrons. The van der Waals surface area contributed by atoms with E-state index in [4.69, 9.17) is 5.73 Å². The summed E-state index contributed by atoms with van der Waals surface area (Å²) in [4.78, 5) is 2.11. The first-order valence-electron chi connectivity index (χ1n) is 5.74. The third-order valence-corrected chi connectivity index (χ3v) is 2.97. The quantitative estimate of drug-likeness (QED) is 0.792. The van der Waals surface area contributed by atoms with E-state index in [1.54, 1.807) is 0 Å². The number of hydrogen-bond acceptors (Lipinski definition) is 2. The zero-order valence-corrected chi connectivity index (χ0v) is 10.6. The van der Waals surface area contributed by atoms with Crippen molar-refractivity contribution in [1.29, 1.82) is 0 Å². The van der Waals surface area contributed by atoms with E-state index in [9.17, 15) is 0 Å². The minimum atomic E-state index is 0.804. The molecule has 0 aliphatic heterocycles. The van der Waals surface area contributed by atoms with Crippen LogP contribution in [0.3, 0.4) is 0 Å². The summed E-state index contributed by atoms with van der Waals surface area (Å²) in [6.45, 7) is 4.16. The summed E-state index contributed by atoms with van der Waals surface area (Å²) in [6, 6.07) is 14.5. The fourth-order valence-electron chi connectivity index (χ4n) is 1.85. The maximum atomic E-state index is 6.02. The van der Waals surface area contributed by atoms with Gasteiger partial charge in [-0.25, -0.2) is 0 Å². The molecule has 0 atom stereocenters. The van der Waals surface area contributed by atoms with Crippen LogP contribution in [0.5, 0.6) is 0 Å². The number of nitrogens with two attached hydrogens (primary N) is 1. The van der Waals surface area contributed by atoms with E-state index in [0.29, 0.717) is 0 Å². The zero-order valence-electron chi connectivity index (χ0n) is 10.6. The average molecular weight is 226 g/mol. The van der Waals surface area contributed by atoms with E-state index in [2.05, 4.69) is 49.1 Å². The fourth-order valence-corrected chi connectivity index (χ4v) is 1.85. The van der Waals surface area contributed by atoms with Crippen molar-refractivity contribution in [2.75, 3.05) is 17.7 Å². The Bertz CT molecular complexity index is 515. The molecule has 0 aromatic heterocycles. The van der Waals surface area contributed by atoms with Crippen molar-refractivity contribution in [2.24, 2.45) is 0 Å². The Morgan fingerprint density at radius 1 is 0.882 bits per heavy atom. The van der Waals surface area contributed by atoms with Gasteiger partial charge in [-0.1, -0.05) is 23.8 Å². The number of benzene rings is 2. The maximum Gasteiger partial charge on any atom is 0.0644 e. The van der Waals surface area contributed by atoms with Gasteiger partial charge in [0.25, 0.3) is 0 Å². The minimum Gasteiger partial charge on any atom is -0.397 e. The highest BCUT2D eigenvalue weighted by atomic mass is 15.1. The standard InChI is InChI=1S/C15H18N2/c1-11-4-7-13(8-5-11)17(3)15-10-12(2)6-9-14(15)16/h4-10H,16H2,1-3H3. The van der Waals surface area contributed by atoms with Crippen LogP contribution in [0.15, 0.2) is 42.5 Å². The van der Waals surface area contributed by atoms with E-state index < -0.39 is 0 Å². The van der Waals surface area contributed by atoms with Crippen LogP contribution >= 0.6 is 0 Å². The summed E-state index contributed by atoms with van der Waals surface area (Å²) in [7, 11) is 2.04. The van der Waals surface area contributed by atoms with Gasteiger partial charge in [-0.2, -0.15) is 0 Å². The first-order chi connectivity index (χ1) is 8.08. The predicted octanol–water partition coefficient (Wildman–Crippen LogP) is 3.65. The van der Waals surface area contributed by atoms with Gasteiger partial charge in [0.15, 0.2) is 0 Å². The molecule has 0 fully saturated rings. The molecule has 2 N–H and O–H groups in total. The van der Waals surface area contributed by atoms with Gasteiger partial charge in [0.05, 0.1) is 11.4 Å². The Morgan fingerprint density at radius 3 is 2.12 bits per heavy atom. The van der Waals surface area contributed by atoms with Crippen LogP contribution in [0.4, 0.5) is 17.1 Å². The molecule has 0 aliphatic rings. The lowest BCUT2D eigenvalue weighted by Crippen LogP contribution is -2.11. The number of aryl methyl sites for hydroxylation is 2. The lowest BCUT2D eigenvalue weighted by molar-refractivity contribution is 1.20. The van der Waals surface area contributed by atoms with Gasteiger partial charge in [0.1, 0.15) is 0 Å². The van der Waals surface area contributed by atoms with Crippen LogP contribution in [-0.2, 0) is 0 Å². The van der Waals surface area contributed by atoms with Crippen molar-refractivity contribution in [3.8, 4) is 0 Å². The molecule has 0 heterocycles. The second kappa shape index (κ2) is 4.50. The van der Waals surface area contributed by atoms with Gasteiger partial charge in [-0.15, -0.1) is 0 Å². The molecule has 2 heteroatoms. The molecule has 2 nitrogen and oxygen atoms in total. The highest BCUT2D eigenvalue weighted by Crippen LogP contribution is 2.29. The highest BCUT2D eigenvalue weighted by Gasteiger charge is 2.07. The molecule has 0 unspecified atom stereocenters. The molecule has 2 aromatic carbocycles. The van der Waals surface area contributed by atoms with Crippen molar-refractivity contribution < 1.29 is 0 Å². The Balaban J connectivity index is 2.39. The Kier molecular flexibility index (Phi) is 3.05. The summed E-state index contributed by atoms with van der Waals surface area (Å²) in [5, 5.41) is 0. The van der Waals surface area contributed by atoms with Crippen molar-refractivity contribution in [3.05, 3.63) is 53.6 Å². The van der Waals surface area contributed by atoms with Crippen LogP contribution < -0.4 is 10.6 Å². The Labute approximate surface area is 103 Å². The number of nitrogens with zero attached hydrogens (tertiary/aromatic N) is 1. The van der Waals surface area contributed by atoms with Crippen molar-refractivity contribution in [3.63, 3.8) is 0 Å². The molecule has 17 heavy (non-hydrogen) atoms. The summed E-state index contributed by atoms with van der Waals surface area (Å²) in [6.07, 6.45) is 0. The Morgan fingerprint density at radius 2 is 1.47 bits per heavy atom. The predicted molar refractivity (Wildman–Crippen MR) is 74.8 cm³/mol. The number of rotatable bonds is 2. The van der Waals surface area contributed by atoms with Crippen LogP contribution in [-0.4, -0.2) is 7.05 Å². The van der Waals surface area contributed by atoms with Crippen molar-refractivity contribution >= 4 is 17.1 Å². The van der Waals surface area contributed by atoms with Crippen LogP contribution in [0, 0.1) is 13.8 Å². The van der Waals surface area contributed by atoms with Crippen LogP contribution in [0.2, 0.25) is 0 Å². The summed E-state index contributed by atoms with van der Waals surface area (Å²) in [5.74, 6) is 0. The van der Waals surface area contributed by atoms with E-state index >= 15 is 0 Å². The molecule has 0 aliphatic carbocycles. The first kappa shape index (κ1) is 11.5. The van der Waals surface area contributed by atoms with Gasteiger partial charge < -0.3 is 10.6 Å². The van der Waals surface area contributed by atoms with Crippen LogP contribution in [0.1, 0.15) is 11.1 Å².